The Morgan fingerprint density at radius 3 is 2.79 bits per heavy atom. The monoisotopic (exact) mass is 322 g/mol. The molecule has 0 saturated carbocycles. The SMILES string of the molecule is CN(CCCC1CC(c2ccccc2)NN1)c1nccnc1C#N. The molecule has 3 rings (SSSR count). The van der Waals surface area contributed by atoms with E-state index in [4.69, 9.17) is 5.26 Å². The Bertz CT molecular complexity index is 696. The molecular weight excluding hydrogens is 300 g/mol. The molecule has 1 aromatic heterocycles. The number of hydrazine groups is 1. The van der Waals surface area contributed by atoms with Crippen LogP contribution in [0.1, 0.15) is 36.6 Å². The second-order valence-corrected chi connectivity index (χ2v) is 6.09. The summed E-state index contributed by atoms with van der Waals surface area (Å²) in [5, 5.41) is 9.11. The highest BCUT2D eigenvalue weighted by molar-refractivity contribution is 5.48. The third kappa shape index (κ3) is 3.88. The minimum atomic E-state index is 0.374. The van der Waals surface area contributed by atoms with Crippen LogP contribution >= 0.6 is 0 Å². The minimum absolute atomic E-state index is 0.374. The van der Waals surface area contributed by atoms with Crippen molar-refractivity contribution in [3.63, 3.8) is 0 Å². The fourth-order valence-electron chi connectivity index (χ4n) is 3.09. The molecule has 2 aromatic rings. The van der Waals surface area contributed by atoms with Crippen LogP contribution in [0.3, 0.4) is 0 Å². The Balaban J connectivity index is 1.46. The van der Waals surface area contributed by atoms with Gasteiger partial charge in [0.05, 0.1) is 0 Å². The molecule has 1 aliphatic heterocycles. The first-order chi connectivity index (χ1) is 11.8. The molecule has 24 heavy (non-hydrogen) atoms. The van der Waals surface area contributed by atoms with Gasteiger partial charge in [0.15, 0.2) is 11.5 Å². The summed E-state index contributed by atoms with van der Waals surface area (Å²) in [7, 11) is 1.96. The first-order valence-electron chi connectivity index (χ1n) is 8.26. The maximum absolute atomic E-state index is 9.11. The Hall–Kier alpha value is -2.49. The van der Waals surface area contributed by atoms with Crippen LogP contribution in [-0.2, 0) is 0 Å². The van der Waals surface area contributed by atoms with Gasteiger partial charge in [0.2, 0.25) is 0 Å². The molecule has 1 aromatic carbocycles. The van der Waals surface area contributed by atoms with Gasteiger partial charge in [0.1, 0.15) is 6.07 Å². The Kier molecular flexibility index (Phi) is 5.36. The van der Waals surface area contributed by atoms with E-state index in [0.717, 1.165) is 25.8 Å². The van der Waals surface area contributed by atoms with Crippen LogP contribution < -0.4 is 15.8 Å². The topological polar surface area (TPSA) is 76.9 Å². The Morgan fingerprint density at radius 2 is 2.00 bits per heavy atom. The van der Waals surface area contributed by atoms with Gasteiger partial charge in [-0.15, -0.1) is 0 Å². The summed E-state index contributed by atoms with van der Waals surface area (Å²) in [5.41, 5.74) is 8.48. The maximum atomic E-state index is 9.11. The van der Waals surface area contributed by atoms with Crippen LogP contribution in [0.4, 0.5) is 5.82 Å². The molecule has 1 saturated heterocycles. The number of anilines is 1. The van der Waals surface area contributed by atoms with Crippen molar-refractivity contribution in [1.29, 1.82) is 5.26 Å². The zero-order valence-electron chi connectivity index (χ0n) is 13.8. The molecule has 1 fully saturated rings. The molecule has 1 aliphatic rings. The van der Waals surface area contributed by atoms with E-state index in [1.165, 1.54) is 5.56 Å². The zero-order chi connectivity index (χ0) is 16.8. The van der Waals surface area contributed by atoms with Gasteiger partial charge < -0.3 is 4.90 Å². The second kappa shape index (κ2) is 7.86. The molecule has 0 bridgehead atoms. The van der Waals surface area contributed by atoms with E-state index < -0.39 is 0 Å². The summed E-state index contributed by atoms with van der Waals surface area (Å²) >= 11 is 0. The molecule has 0 amide bonds. The van der Waals surface area contributed by atoms with Crippen LogP contribution in [-0.4, -0.2) is 29.6 Å². The molecule has 6 heteroatoms. The van der Waals surface area contributed by atoms with Gasteiger partial charge >= 0.3 is 0 Å². The van der Waals surface area contributed by atoms with Crippen molar-refractivity contribution >= 4 is 5.82 Å². The van der Waals surface area contributed by atoms with E-state index in [1.807, 2.05) is 18.0 Å². The third-order valence-corrected chi connectivity index (χ3v) is 4.38. The number of hydrogen-bond acceptors (Lipinski definition) is 6. The highest BCUT2D eigenvalue weighted by Crippen LogP contribution is 2.24. The van der Waals surface area contributed by atoms with Crippen molar-refractivity contribution in [3.8, 4) is 6.07 Å². The standard InChI is InChI=1S/C18H22N6/c1-24(18-17(13-19)20-9-10-21-18)11-5-8-15-12-16(23-22-15)14-6-3-2-4-7-14/h2-4,6-7,9-10,15-16,22-23H,5,8,11-12H2,1H3. The Labute approximate surface area is 142 Å². The van der Waals surface area contributed by atoms with Gasteiger partial charge in [-0.25, -0.2) is 9.97 Å². The fourth-order valence-corrected chi connectivity index (χ4v) is 3.09. The van der Waals surface area contributed by atoms with E-state index in [0.29, 0.717) is 23.6 Å². The van der Waals surface area contributed by atoms with Crippen molar-refractivity contribution in [2.75, 3.05) is 18.5 Å². The van der Waals surface area contributed by atoms with Gasteiger partial charge in [0.25, 0.3) is 0 Å². The highest BCUT2D eigenvalue weighted by atomic mass is 15.4. The molecular formula is C18H22N6. The lowest BCUT2D eigenvalue weighted by molar-refractivity contribution is 0.502. The summed E-state index contributed by atoms with van der Waals surface area (Å²) in [6.45, 7) is 0.849. The average Bonchev–Trinajstić information content (AvgIpc) is 3.11. The molecule has 6 nitrogen and oxygen atoms in total. The van der Waals surface area contributed by atoms with Gasteiger partial charge in [-0.2, -0.15) is 5.26 Å². The number of nitrogens with zero attached hydrogens (tertiary/aromatic N) is 4. The fraction of sp³-hybridized carbons (Fsp3) is 0.389. The predicted molar refractivity (Wildman–Crippen MR) is 93.1 cm³/mol. The van der Waals surface area contributed by atoms with Gasteiger partial charge in [0, 0.05) is 38.1 Å². The van der Waals surface area contributed by atoms with Crippen LogP contribution in [0.2, 0.25) is 0 Å². The number of benzene rings is 1. The number of nitriles is 1. The summed E-state index contributed by atoms with van der Waals surface area (Å²) in [5.74, 6) is 0.652. The van der Waals surface area contributed by atoms with Crippen LogP contribution in [0, 0.1) is 11.3 Å². The molecule has 124 valence electrons. The minimum Gasteiger partial charge on any atom is -0.357 e. The first-order valence-corrected chi connectivity index (χ1v) is 8.26. The van der Waals surface area contributed by atoms with Gasteiger partial charge in [-0.3, -0.25) is 10.9 Å². The quantitative estimate of drug-likeness (QED) is 0.849. The summed E-state index contributed by atoms with van der Waals surface area (Å²) < 4.78 is 0. The van der Waals surface area contributed by atoms with E-state index in [2.05, 4.69) is 51.2 Å². The van der Waals surface area contributed by atoms with Crippen LogP contribution in [0.5, 0.6) is 0 Å². The summed E-state index contributed by atoms with van der Waals surface area (Å²) in [6, 6.07) is 13.4. The van der Waals surface area contributed by atoms with Crippen LogP contribution in [0.15, 0.2) is 42.7 Å². The number of hydrogen-bond donors (Lipinski definition) is 2. The largest absolute Gasteiger partial charge is 0.357 e. The number of rotatable bonds is 6. The smallest absolute Gasteiger partial charge is 0.183 e. The molecule has 0 radical (unpaired) electrons. The molecule has 2 unspecified atom stereocenters. The predicted octanol–water partition coefficient (Wildman–Crippen LogP) is 2.17. The zero-order valence-corrected chi connectivity index (χ0v) is 13.8. The van der Waals surface area contributed by atoms with Crippen molar-refractivity contribution in [3.05, 3.63) is 54.0 Å². The van der Waals surface area contributed by atoms with Crippen molar-refractivity contribution in [1.82, 2.24) is 20.8 Å². The van der Waals surface area contributed by atoms with Gasteiger partial charge in [-0.1, -0.05) is 30.3 Å². The van der Waals surface area contributed by atoms with Gasteiger partial charge in [-0.05, 0) is 24.8 Å². The second-order valence-electron chi connectivity index (χ2n) is 6.09. The van der Waals surface area contributed by atoms with E-state index >= 15 is 0 Å². The van der Waals surface area contributed by atoms with E-state index in [-0.39, 0.29) is 0 Å². The van der Waals surface area contributed by atoms with Crippen molar-refractivity contribution in [2.45, 2.75) is 31.3 Å². The highest BCUT2D eigenvalue weighted by Gasteiger charge is 2.24. The Morgan fingerprint density at radius 1 is 1.21 bits per heavy atom. The molecule has 2 N–H and O–H groups in total. The van der Waals surface area contributed by atoms with E-state index in [9.17, 15) is 0 Å². The lowest BCUT2D eigenvalue weighted by atomic mass is 10.00. The number of aromatic nitrogens is 2. The number of nitrogens with one attached hydrogen (secondary N) is 2. The molecule has 0 spiro atoms. The van der Waals surface area contributed by atoms with Crippen molar-refractivity contribution in [2.24, 2.45) is 0 Å². The lowest BCUT2D eigenvalue weighted by Gasteiger charge is -2.19. The summed E-state index contributed by atoms with van der Waals surface area (Å²) in [4.78, 5) is 10.3. The average molecular weight is 322 g/mol. The molecule has 2 heterocycles. The van der Waals surface area contributed by atoms with Crippen LogP contribution in [0.25, 0.3) is 0 Å². The van der Waals surface area contributed by atoms with Crippen molar-refractivity contribution < 1.29 is 0 Å². The summed E-state index contributed by atoms with van der Waals surface area (Å²) in [6.07, 6.45) is 6.36. The lowest BCUT2D eigenvalue weighted by Crippen LogP contribution is -2.31. The first kappa shape index (κ1) is 16.4. The third-order valence-electron chi connectivity index (χ3n) is 4.38. The molecule has 0 aliphatic carbocycles. The van der Waals surface area contributed by atoms with E-state index in [1.54, 1.807) is 12.4 Å². The normalized spacial score (nSPS) is 19.8. The molecule has 2 atom stereocenters. The maximum Gasteiger partial charge on any atom is 0.183 e.